The molecule has 0 atom stereocenters. The van der Waals surface area contributed by atoms with Crippen LogP contribution in [0.1, 0.15) is 22.3 Å². The van der Waals surface area contributed by atoms with Gasteiger partial charge in [-0.1, -0.05) is 17.7 Å². The first kappa shape index (κ1) is 19.3. The first-order chi connectivity index (χ1) is 13.0. The lowest BCUT2D eigenvalue weighted by Crippen LogP contribution is -2.25. The van der Waals surface area contributed by atoms with Crippen molar-refractivity contribution in [2.75, 3.05) is 19.8 Å². The van der Waals surface area contributed by atoms with Gasteiger partial charge in [0, 0.05) is 25.7 Å². The Labute approximate surface area is 164 Å². The molecule has 0 fully saturated rings. The summed E-state index contributed by atoms with van der Waals surface area (Å²) in [5, 5.41) is 13.2. The maximum atomic E-state index is 12.7. The Kier molecular flexibility index (Phi) is 6.04. The average Bonchev–Trinajstić information content (AvgIpc) is 3.16. The van der Waals surface area contributed by atoms with Gasteiger partial charge < -0.3 is 15.2 Å². The number of amides is 1. The van der Waals surface area contributed by atoms with Crippen molar-refractivity contribution in [2.24, 2.45) is 0 Å². The van der Waals surface area contributed by atoms with E-state index in [0.717, 1.165) is 4.88 Å². The zero-order chi connectivity index (χ0) is 19.4. The number of rotatable bonds is 8. The summed E-state index contributed by atoms with van der Waals surface area (Å²) in [6.45, 7) is 2.04. The molecule has 27 heavy (non-hydrogen) atoms. The third kappa shape index (κ3) is 4.44. The van der Waals surface area contributed by atoms with Gasteiger partial charge in [0.2, 0.25) is 11.7 Å². The number of carbonyl (C=O) groups excluding carboxylic acids is 2. The molecule has 0 saturated heterocycles. The van der Waals surface area contributed by atoms with Gasteiger partial charge in [0.05, 0.1) is 17.7 Å². The molecular formula is C17H18ClN4O4S+. The van der Waals surface area contributed by atoms with Crippen molar-refractivity contribution in [2.45, 2.75) is 13.5 Å². The second-order valence-corrected chi connectivity index (χ2v) is 7.42. The summed E-state index contributed by atoms with van der Waals surface area (Å²) in [7, 11) is 0. The van der Waals surface area contributed by atoms with Crippen molar-refractivity contribution in [3.63, 3.8) is 0 Å². The fraction of sp³-hybridized carbons (Fsp3) is 0.294. The second-order valence-electron chi connectivity index (χ2n) is 5.73. The number of Topliss-reactive ketones (excluding diaryl/α,β-unsaturated/α-hetero) is 1. The lowest BCUT2D eigenvalue weighted by Gasteiger charge is -2.04. The zero-order valence-electron chi connectivity index (χ0n) is 14.5. The summed E-state index contributed by atoms with van der Waals surface area (Å²) in [5.74, 6) is -0.686. The number of hydrogen-bond acceptors (Lipinski definition) is 6. The number of aromatic hydroxyl groups is 1. The maximum absolute atomic E-state index is 12.7. The fourth-order valence-electron chi connectivity index (χ4n) is 2.66. The van der Waals surface area contributed by atoms with Gasteiger partial charge in [-0.05, 0) is 6.07 Å². The van der Waals surface area contributed by atoms with Crippen LogP contribution in [0.5, 0.6) is 5.88 Å². The number of carbonyl (C=O) groups is 2. The minimum Gasteiger partial charge on any atom is -0.474 e. The van der Waals surface area contributed by atoms with Gasteiger partial charge in [-0.25, -0.2) is 9.55 Å². The molecule has 10 heteroatoms. The summed E-state index contributed by atoms with van der Waals surface area (Å²) >= 11 is 7.21. The Balaban J connectivity index is 1.84. The van der Waals surface area contributed by atoms with Gasteiger partial charge in [-0.3, -0.25) is 9.59 Å². The lowest BCUT2D eigenvalue weighted by atomic mass is 10.3. The van der Waals surface area contributed by atoms with Crippen molar-refractivity contribution in [1.82, 2.24) is 14.9 Å². The van der Waals surface area contributed by atoms with E-state index in [1.165, 1.54) is 22.7 Å². The molecule has 0 radical (unpaired) electrons. The highest BCUT2D eigenvalue weighted by atomic mass is 35.5. The highest BCUT2D eigenvalue weighted by molar-refractivity contribution is 7.15. The first-order valence-electron chi connectivity index (χ1n) is 8.15. The second kappa shape index (κ2) is 8.47. The van der Waals surface area contributed by atoms with Crippen LogP contribution in [0, 0.1) is 0 Å². The van der Waals surface area contributed by atoms with Gasteiger partial charge in [0.15, 0.2) is 4.47 Å². The molecule has 0 saturated carbocycles. The topological polar surface area (TPSA) is 97.5 Å². The van der Waals surface area contributed by atoms with Crippen molar-refractivity contribution in [3.05, 3.63) is 45.6 Å². The minimum absolute atomic E-state index is 0.144. The van der Waals surface area contributed by atoms with E-state index in [-0.39, 0.29) is 36.5 Å². The molecule has 2 N–H and O–H groups in total. The van der Waals surface area contributed by atoms with E-state index in [2.05, 4.69) is 10.3 Å². The number of ether oxygens (including phenoxy) is 1. The standard InChI is InChI=1S/C17H17ClN4O4S/c1-11(23)19-5-7-26-10-13(24)15-16(25)21-6-3-2-4-14(21)22(15)9-12-8-20-17(18)27-12/h2-4,6,8H,5,7,9-10H2,1H3,(H-,19,23,24,25)/p+1. The largest absolute Gasteiger partial charge is 0.474 e. The molecule has 8 nitrogen and oxygen atoms in total. The van der Waals surface area contributed by atoms with E-state index in [0.29, 0.717) is 23.2 Å². The molecule has 1 amide bonds. The minimum atomic E-state index is -0.366. The molecule has 0 unspecified atom stereocenters. The van der Waals surface area contributed by atoms with Crippen LogP contribution >= 0.6 is 22.9 Å². The number of ketones is 1. The number of fused-ring (bicyclic) bond motifs is 1. The Bertz CT molecular complexity index is 985. The van der Waals surface area contributed by atoms with Crippen LogP contribution in [0.15, 0.2) is 30.6 Å². The number of pyridine rings is 1. The summed E-state index contributed by atoms with van der Waals surface area (Å²) in [6.07, 6.45) is 3.32. The smallest absolute Gasteiger partial charge is 0.339 e. The molecule has 3 aromatic rings. The SMILES string of the molecule is CC(=O)NCCOCC(=O)c1c(O)[n+]2ccccc2n1Cc1cnc(Cl)s1. The van der Waals surface area contributed by atoms with Crippen LogP contribution in [0.4, 0.5) is 0 Å². The lowest BCUT2D eigenvalue weighted by molar-refractivity contribution is -0.521. The highest BCUT2D eigenvalue weighted by Crippen LogP contribution is 2.23. The van der Waals surface area contributed by atoms with E-state index >= 15 is 0 Å². The number of thiazole rings is 1. The van der Waals surface area contributed by atoms with Gasteiger partial charge >= 0.3 is 5.88 Å². The number of aromatic nitrogens is 3. The maximum Gasteiger partial charge on any atom is 0.339 e. The first-order valence-corrected chi connectivity index (χ1v) is 9.34. The van der Waals surface area contributed by atoms with Gasteiger partial charge in [0.1, 0.15) is 13.2 Å². The number of hydrogen-bond donors (Lipinski definition) is 2. The van der Waals surface area contributed by atoms with Crippen LogP contribution in [0.2, 0.25) is 4.47 Å². The molecule has 0 aliphatic heterocycles. The van der Waals surface area contributed by atoms with Crippen molar-refractivity contribution >= 4 is 40.3 Å². The molecule has 0 bridgehead atoms. The third-order valence-electron chi connectivity index (χ3n) is 3.78. The van der Waals surface area contributed by atoms with Crippen molar-refractivity contribution in [1.29, 1.82) is 0 Å². The van der Waals surface area contributed by atoms with Gasteiger partial charge in [0.25, 0.3) is 11.3 Å². The van der Waals surface area contributed by atoms with Gasteiger partial charge in [-0.2, -0.15) is 4.40 Å². The third-order valence-corrected chi connectivity index (χ3v) is 4.88. The van der Waals surface area contributed by atoms with E-state index < -0.39 is 0 Å². The molecule has 0 spiro atoms. The number of imidazole rings is 1. The van der Waals surface area contributed by atoms with Crippen LogP contribution < -0.4 is 9.72 Å². The number of halogens is 1. The Morgan fingerprint density at radius 2 is 2.26 bits per heavy atom. The van der Waals surface area contributed by atoms with E-state index in [1.807, 2.05) is 6.07 Å². The molecule has 3 heterocycles. The Hall–Kier alpha value is -2.49. The molecule has 3 aromatic heterocycles. The summed E-state index contributed by atoms with van der Waals surface area (Å²) in [6, 6.07) is 5.39. The Morgan fingerprint density at radius 1 is 1.44 bits per heavy atom. The average molecular weight is 410 g/mol. The quantitative estimate of drug-likeness (QED) is 0.333. The van der Waals surface area contributed by atoms with E-state index in [9.17, 15) is 14.7 Å². The molecule has 142 valence electrons. The summed E-state index contributed by atoms with van der Waals surface area (Å²) in [4.78, 5) is 28.4. The summed E-state index contributed by atoms with van der Waals surface area (Å²) in [5.41, 5.74) is 0.798. The van der Waals surface area contributed by atoms with E-state index in [4.69, 9.17) is 16.3 Å². The fourth-order valence-corrected chi connectivity index (χ4v) is 3.63. The normalized spacial score (nSPS) is 11.0. The number of nitrogens with one attached hydrogen (secondary N) is 1. The van der Waals surface area contributed by atoms with Crippen LogP contribution in [-0.2, 0) is 16.1 Å². The van der Waals surface area contributed by atoms with Gasteiger partial charge in [-0.15, -0.1) is 11.3 Å². The van der Waals surface area contributed by atoms with E-state index in [1.54, 1.807) is 29.1 Å². The molecular weight excluding hydrogens is 392 g/mol. The van der Waals surface area contributed by atoms with Crippen molar-refractivity contribution in [3.8, 4) is 5.88 Å². The predicted molar refractivity (Wildman–Crippen MR) is 99.3 cm³/mol. The van der Waals surface area contributed by atoms with Crippen LogP contribution in [0.25, 0.3) is 5.65 Å². The van der Waals surface area contributed by atoms with Crippen LogP contribution in [0.3, 0.4) is 0 Å². The molecule has 0 aliphatic carbocycles. The monoisotopic (exact) mass is 409 g/mol. The summed E-state index contributed by atoms with van der Waals surface area (Å²) < 4.78 is 8.98. The molecule has 3 rings (SSSR count). The number of nitrogens with zero attached hydrogens (tertiary/aromatic N) is 3. The van der Waals surface area contributed by atoms with Crippen LogP contribution in [-0.4, -0.2) is 46.1 Å². The Morgan fingerprint density at radius 3 is 2.96 bits per heavy atom. The highest BCUT2D eigenvalue weighted by Gasteiger charge is 2.31. The van der Waals surface area contributed by atoms with Crippen molar-refractivity contribution < 1.29 is 23.8 Å². The molecule has 0 aliphatic rings. The predicted octanol–water partition coefficient (Wildman–Crippen LogP) is 1.43. The molecule has 0 aromatic carbocycles. The zero-order valence-corrected chi connectivity index (χ0v) is 16.1.